The van der Waals surface area contributed by atoms with Gasteiger partial charge in [-0.25, -0.2) is 4.39 Å². The Morgan fingerprint density at radius 1 is 1.10 bits per heavy atom. The van der Waals surface area contributed by atoms with E-state index in [0.717, 1.165) is 6.07 Å². The minimum Gasteiger partial charge on any atom is -0.393 e. The third-order valence-corrected chi connectivity index (χ3v) is 5.90. The first-order chi connectivity index (χ1) is 14.6. The van der Waals surface area contributed by atoms with E-state index >= 15 is 0 Å². The minimum atomic E-state index is -4.79. The van der Waals surface area contributed by atoms with Crippen LogP contribution < -0.4 is 10.6 Å². The maximum atomic E-state index is 13.7. The van der Waals surface area contributed by atoms with Gasteiger partial charge >= 0.3 is 6.18 Å². The minimum absolute atomic E-state index is 0.0534. The summed E-state index contributed by atoms with van der Waals surface area (Å²) in [4.78, 5) is 25.1. The summed E-state index contributed by atoms with van der Waals surface area (Å²) in [5.74, 6) is -2.32. The van der Waals surface area contributed by atoms with Crippen molar-refractivity contribution in [3.63, 3.8) is 0 Å². The van der Waals surface area contributed by atoms with Crippen molar-refractivity contribution in [3.8, 4) is 0 Å². The molecule has 31 heavy (non-hydrogen) atoms. The van der Waals surface area contributed by atoms with Crippen molar-refractivity contribution in [2.75, 3.05) is 5.32 Å². The van der Waals surface area contributed by atoms with Crippen molar-refractivity contribution in [1.29, 1.82) is 0 Å². The average Bonchev–Trinajstić information content (AvgIpc) is 3.05. The normalized spacial score (nSPS) is 23.3. The maximum Gasteiger partial charge on any atom is 0.416 e. The number of amides is 2. The van der Waals surface area contributed by atoms with Gasteiger partial charge in [-0.3, -0.25) is 9.59 Å². The molecule has 0 saturated heterocycles. The summed E-state index contributed by atoms with van der Waals surface area (Å²) in [5.41, 5.74) is -0.500. The van der Waals surface area contributed by atoms with Gasteiger partial charge in [0.2, 0.25) is 0 Å². The van der Waals surface area contributed by atoms with Crippen LogP contribution in [0, 0.1) is 11.7 Å². The van der Waals surface area contributed by atoms with Crippen molar-refractivity contribution < 1.29 is 32.3 Å². The summed E-state index contributed by atoms with van der Waals surface area (Å²) >= 11 is 0. The molecule has 0 bridgehead atoms. The second-order valence-corrected chi connectivity index (χ2v) is 7.97. The molecule has 0 aromatic heterocycles. The highest BCUT2D eigenvalue weighted by molar-refractivity contribution is 6.07. The molecule has 1 heterocycles. The maximum absolute atomic E-state index is 13.7. The fraction of sp³-hybridized carbons (Fsp3) is 0.364. The van der Waals surface area contributed by atoms with Gasteiger partial charge in [-0.15, -0.1) is 0 Å². The number of nitrogens with one attached hydrogen (secondary N) is 2. The Bertz CT molecular complexity index is 1030. The molecule has 1 saturated carbocycles. The van der Waals surface area contributed by atoms with Gasteiger partial charge in [0.25, 0.3) is 11.8 Å². The number of aliphatic hydroxyl groups is 1. The molecule has 2 aromatic rings. The van der Waals surface area contributed by atoms with Crippen LogP contribution in [0.4, 0.5) is 23.2 Å². The zero-order valence-electron chi connectivity index (χ0n) is 16.3. The number of hydrogen-bond donors (Lipinski definition) is 3. The number of halogens is 4. The molecular weight excluding hydrogens is 416 g/mol. The number of carbonyl (C=O) groups is 2. The van der Waals surface area contributed by atoms with E-state index in [2.05, 4.69) is 10.6 Å². The Hall–Kier alpha value is -2.94. The molecule has 1 unspecified atom stereocenters. The van der Waals surface area contributed by atoms with Gasteiger partial charge < -0.3 is 15.7 Å². The van der Waals surface area contributed by atoms with E-state index in [4.69, 9.17) is 0 Å². The number of alkyl halides is 3. The number of fused-ring (bicyclic) bond motifs is 1. The highest BCUT2D eigenvalue weighted by Gasteiger charge is 2.38. The number of aliphatic hydroxyl groups excluding tert-OH is 1. The zero-order chi connectivity index (χ0) is 22.3. The molecule has 9 heteroatoms. The predicted molar refractivity (Wildman–Crippen MR) is 104 cm³/mol. The third-order valence-electron chi connectivity index (χ3n) is 5.90. The number of rotatable bonds is 3. The monoisotopic (exact) mass is 436 g/mol. The second-order valence-electron chi connectivity index (χ2n) is 7.97. The topological polar surface area (TPSA) is 78.4 Å². The van der Waals surface area contributed by atoms with Crippen LogP contribution in [-0.2, 0) is 6.18 Å². The van der Waals surface area contributed by atoms with E-state index in [0.29, 0.717) is 48.9 Å². The van der Waals surface area contributed by atoms with Crippen molar-refractivity contribution in [1.82, 2.24) is 5.32 Å². The number of carbonyl (C=O) groups excluding carboxylic acids is 2. The van der Waals surface area contributed by atoms with E-state index in [1.807, 2.05) is 0 Å². The molecular formula is C22H20F4N2O3. The van der Waals surface area contributed by atoms with E-state index in [9.17, 15) is 32.3 Å². The molecule has 5 nitrogen and oxygen atoms in total. The lowest BCUT2D eigenvalue weighted by atomic mass is 9.80. The lowest BCUT2D eigenvalue weighted by molar-refractivity contribution is -0.137. The molecule has 164 valence electrons. The fourth-order valence-electron chi connectivity index (χ4n) is 4.37. The summed E-state index contributed by atoms with van der Waals surface area (Å²) in [5, 5.41) is 15.2. The van der Waals surface area contributed by atoms with E-state index in [-0.39, 0.29) is 29.7 Å². The SMILES string of the molecule is O=C(Nc1cccc2c1C(C1CCC(O)CC1)NC2=O)c1cc(F)cc(C(F)(F)F)c1. The van der Waals surface area contributed by atoms with Crippen LogP contribution in [0.3, 0.4) is 0 Å². The highest BCUT2D eigenvalue weighted by atomic mass is 19.4. The second kappa shape index (κ2) is 7.96. The molecule has 3 N–H and O–H groups in total. The van der Waals surface area contributed by atoms with Gasteiger partial charge in [0.05, 0.1) is 17.7 Å². The molecule has 1 atom stereocenters. The molecule has 0 radical (unpaired) electrons. The molecule has 2 aromatic carbocycles. The predicted octanol–water partition coefficient (Wildman–Crippen LogP) is 4.43. The third kappa shape index (κ3) is 4.27. The number of hydrogen-bond acceptors (Lipinski definition) is 3. The first kappa shape index (κ1) is 21.3. The Balaban J connectivity index is 1.64. The summed E-state index contributed by atoms with van der Waals surface area (Å²) < 4.78 is 52.7. The molecule has 0 spiro atoms. The van der Waals surface area contributed by atoms with Crippen LogP contribution in [0.1, 0.15) is 63.6 Å². The molecule has 4 rings (SSSR count). The highest BCUT2D eigenvalue weighted by Crippen LogP contribution is 2.42. The Morgan fingerprint density at radius 2 is 1.81 bits per heavy atom. The Kier molecular flexibility index (Phi) is 5.47. The fourth-order valence-corrected chi connectivity index (χ4v) is 4.37. The van der Waals surface area contributed by atoms with Gasteiger partial charge in [0.15, 0.2) is 0 Å². The molecule has 2 amide bonds. The number of benzene rings is 2. The number of anilines is 1. The lowest BCUT2D eigenvalue weighted by Gasteiger charge is -2.31. The van der Waals surface area contributed by atoms with Crippen LogP contribution in [0.15, 0.2) is 36.4 Å². The molecule has 1 aliphatic carbocycles. The van der Waals surface area contributed by atoms with Gasteiger partial charge in [0.1, 0.15) is 5.82 Å². The smallest absolute Gasteiger partial charge is 0.393 e. The lowest BCUT2D eigenvalue weighted by Crippen LogP contribution is -2.30. The Morgan fingerprint density at radius 3 is 2.48 bits per heavy atom. The van der Waals surface area contributed by atoms with Gasteiger partial charge in [-0.05, 0) is 61.9 Å². The quantitative estimate of drug-likeness (QED) is 0.623. The molecule has 1 aliphatic heterocycles. The summed E-state index contributed by atoms with van der Waals surface area (Å²) in [6.07, 6.45) is -2.59. The van der Waals surface area contributed by atoms with Crippen LogP contribution in [-0.4, -0.2) is 23.0 Å². The van der Waals surface area contributed by atoms with E-state index in [1.165, 1.54) is 0 Å². The van der Waals surface area contributed by atoms with Crippen molar-refractivity contribution >= 4 is 17.5 Å². The summed E-state index contributed by atoms with van der Waals surface area (Å²) in [6, 6.07) is 6.00. The molecule has 1 fully saturated rings. The van der Waals surface area contributed by atoms with E-state index < -0.39 is 29.0 Å². The van der Waals surface area contributed by atoms with Crippen LogP contribution >= 0.6 is 0 Å². The first-order valence-corrected chi connectivity index (χ1v) is 9.94. The van der Waals surface area contributed by atoms with Crippen LogP contribution in [0.25, 0.3) is 0 Å². The van der Waals surface area contributed by atoms with Gasteiger partial charge in [-0.2, -0.15) is 13.2 Å². The Labute approximate surface area is 175 Å². The van der Waals surface area contributed by atoms with Crippen molar-refractivity contribution in [2.45, 2.75) is 44.0 Å². The van der Waals surface area contributed by atoms with Crippen molar-refractivity contribution in [3.05, 3.63) is 64.5 Å². The standard InChI is InChI=1S/C22H20F4N2O3/c23-14-9-12(8-13(10-14)22(24,25)26)20(30)27-17-3-1-2-16-18(17)19(28-21(16)31)11-4-6-15(29)7-5-11/h1-3,8-11,15,19,29H,4-7H2,(H,27,30)(H,28,31). The van der Waals surface area contributed by atoms with Crippen molar-refractivity contribution in [2.24, 2.45) is 5.92 Å². The van der Waals surface area contributed by atoms with Gasteiger partial charge in [0, 0.05) is 22.4 Å². The van der Waals surface area contributed by atoms with E-state index in [1.54, 1.807) is 18.2 Å². The van der Waals surface area contributed by atoms with Gasteiger partial charge in [-0.1, -0.05) is 6.07 Å². The zero-order valence-corrected chi connectivity index (χ0v) is 16.3. The largest absolute Gasteiger partial charge is 0.416 e. The van der Waals surface area contributed by atoms with Crippen LogP contribution in [0.2, 0.25) is 0 Å². The summed E-state index contributed by atoms with van der Waals surface area (Å²) in [6.45, 7) is 0. The average molecular weight is 436 g/mol. The first-order valence-electron chi connectivity index (χ1n) is 9.94. The summed E-state index contributed by atoms with van der Waals surface area (Å²) in [7, 11) is 0. The molecule has 2 aliphatic rings. The van der Waals surface area contributed by atoms with Crippen LogP contribution in [0.5, 0.6) is 0 Å².